The van der Waals surface area contributed by atoms with Gasteiger partial charge in [-0.15, -0.1) is 0 Å². The summed E-state index contributed by atoms with van der Waals surface area (Å²) in [6.45, 7) is 1.66. The third-order valence-corrected chi connectivity index (χ3v) is 3.54. The largest absolute Gasteiger partial charge is 0.494 e. The Morgan fingerprint density at radius 3 is 2.63 bits per heavy atom. The fourth-order valence-electron chi connectivity index (χ4n) is 2.30. The van der Waals surface area contributed by atoms with Crippen LogP contribution in [-0.2, 0) is 0 Å². The lowest BCUT2D eigenvalue weighted by atomic mass is 10.2. The number of halogens is 2. The summed E-state index contributed by atoms with van der Waals surface area (Å²) in [4.78, 5) is 24.4. The number of aromatic nitrogens is 5. The third-order valence-electron chi connectivity index (χ3n) is 3.54. The molecule has 0 aliphatic rings. The van der Waals surface area contributed by atoms with Crippen LogP contribution in [0.15, 0.2) is 36.9 Å². The maximum Gasteiger partial charge on any atom is 0.319 e. The van der Waals surface area contributed by atoms with Crippen LogP contribution in [0.25, 0.3) is 5.95 Å². The van der Waals surface area contributed by atoms with Gasteiger partial charge in [-0.25, -0.2) is 28.5 Å². The molecule has 9 nitrogen and oxygen atoms in total. The van der Waals surface area contributed by atoms with E-state index in [1.54, 1.807) is 25.4 Å². The van der Waals surface area contributed by atoms with E-state index in [4.69, 9.17) is 4.74 Å². The van der Waals surface area contributed by atoms with Crippen molar-refractivity contribution >= 4 is 11.7 Å². The molecule has 0 spiro atoms. The van der Waals surface area contributed by atoms with E-state index in [0.717, 1.165) is 6.07 Å². The summed E-state index contributed by atoms with van der Waals surface area (Å²) < 4.78 is 33.4. The van der Waals surface area contributed by atoms with Gasteiger partial charge in [0.05, 0.1) is 18.8 Å². The first kappa shape index (κ1) is 18.2. The number of amides is 2. The Hall–Kier alpha value is -3.63. The average Bonchev–Trinajstić information content (AvgIpc) is 3.14. The monoisotopic (exact) mass is 375 g/mol. The molecule has 1 unspecified atom stereocenters. The summed E-state index contributed by atoms with van der Waals surface area (Å²) in [6.07, 6.45) is 4.39. The van der Waals surface area contributed by atoms with Gasteiger partial charge in [-0.05, 0) is 13.0 Å². The zero-order valence-corrected chi connectivity index (χ0v) is 14.3. The normalized spacial score (nSPS) is 11.7. The summed E-state index contributed by atoms with van der Waals surface area (Å²) in [5.74, 6) is -1.34. The van der Waals surface area contributed by atoms with Crippen LogP contribution in [0.4, 0.5) is 19.3 Å². The summed E-state index contributed by atoms with van der Waals surface area (Å²) in [5, 5.41) is 8.93. The lowest BCUT2D eigenvalue weighted by molar-refractivity contribution is 0.248. The summed E-state index contributed by atoms with van der Waals surface area (Å²) in [7, 11) is 1.24. The smallest absolute Gasteiger partial charge is 0.319 e. The maximum absolute atomic E-state index is 13.8. The van der Waals surface area contributed by atoms with E-state index in [2.05, 4.69) is 30.7 Å². The number of methoxy groups -OCH3 is 1. The van der Waals surface area contributed by atoms with Crippen LogP contribution in [0.5, 0.6) is 5.75 Å². The van der Waals surface area contributed by atoms with Crippen LogP contribution in [0.3, 0.4) is 0 Å². The lowest BCUT2D eigenvalue weighted by Crippen LogP contribution is -2.33. The fraction of sp³-hybridized carbons (Fsp3) is 0.188. The standard InChI is InChI=1S/C16H15F2N7O2/c1-9(14-21-8-22-25(14)15-19-4-3-5-20-15)23-16(26)24-12-7-13(27-2)11(18)6-10(12)17/h3-9H,1-2H3,(H2,23,24,26). The Morgan fingerprint density at radius 2 is 1.93 bits per heavy atom. The highest BCUT2D eigenvalue weighted by Crippen LogP contribution is 2.25. The Labute approximate surface area is 152 Å². The second kappa shape index (κ2) is 7.72. The first-order valence-corrected chi connectivity index (χ1v) is 7.77. The topological polar surface area (TPSA) is 107 Å². The number of rotatable bonds is 5. The van der Waals surface area contributed by atoms with Crippen molar-refractivity contribution in [1.82, 2.24) is 30.0 Å². The van der Waals surface area contributed by atoms with Crippen LogP contribution in [0, 0.1) is 11.6 Å². The quantitative estimate of drug-likeness (QED) is 0.708. The first-order chi connectivity index (χ1) is 13.0. The molecule has 0 bridgehead atoms. The van der Waals surface area contributed by atoms with Gasteiger partial charge >= 0.3 is 6.03 Å². The highest BCUT2D eigenvalue weighted by Gasteiger charge is 2.19. The van der Waals surface area contributed by atoms with Crippen molar-refractivity contribution in [2.45, 2.75) is 13.0 Å². The van der Waals surface area contributed by atoms with E-state index >= 15 is 0 Å². The van der Waals surface area contributed by atoms with E-state index in [9.17, 15) is 13.6 Å². The molecule has 1 atom stereocenters. The number of anilines is 1. The molecular weight excluding hydrogens is 360 g/mol. The Kier molecular flexibility index (Phi) is 5.20. The minimum absolute atomic E-state index is 0.194. The van der Waals surface area contributed by atoms with Crippen molar-refractivity contribution in [3.63, 3.8) is 0 Å². The highest BCUT2D eigenvalue weighted by molar-refractivity contribution is 5.89. The SMILES string of the molecule is COc1cc(NC(=O)NC(C)c2ncnn2-c2ncccn2)c(F)cc1F. The maximum atomic E-state index is 13.8. The molecule has 11 heteroatoms. The molecule has 0 aliphatic heterocycles. The molecule has 140 valence electrons. The number of nitrogens with one attached hydrogen (secondary N) is 2. The van der Waals surface area contributed by atoms with Gasteiger partial charge in [-0.1, -0.05) is 0 Å². The zero-order valence-electron chi connectivity index (χ0n) is 14.3. The minimum Gasteiger partial charge on any atom is -0.494 e. The molecule has 1 aromatic carbocycles. The molecule has 0 fully saturated rings. The van der Waals surface area contributed by atoms with Crippen LogP contribution in [0.1, 0.15) is 18.8 Å². The number of nitrogens with zero attached hydrogens (tertiary/aromatic N) is 5. The molecule has 27 heavy (non-hydrogen) atoms. The second-order valence-corrected chi connectivity index (χ2v) is 5.37. The van der Waals surface area contributed by atoms with Gasteiger partial charge in [0, 0.05) is 24.5 Å². The molecule has 3 aromatic rings. The molecule has 0 saturated heterocycles. The molecule has 0 saturated carbocycles. The second-order valence-electron chi connectivity index (χ2n) is 5.37. The van der Waals surface area contributed by atoms with Crippen molar-refractivity contribution in [3.8, 4) is 11.7 Å². The third kappa shape index (κ3) is 3.97. The summed E-state index contributed by atoms with van der Waals surface area (Å²) in [5.41, 5.74) is -0.231. The predicted molar refractivity (Wildman–Crippen MR) is 90.4 cm³/mol. The minimum atomic E-state index is -0.933. The zero-order chi connectivity index (χ0) is 19.4. The van der Waals surface area contributed by atoms with Crippen molar-refractivity contribution in [1.29, 1.82) is 0 Å². The van der Waals surface area contributed by atoms with E-state index in [1.807, 2.05) is 0 Å². The van der Waals surface area contributed by atoms with E-state index in [0.29, 0.717) is 11.9 Å². The first-order valence-electron chi connectivity index (χ1n) is 7.77. The van der Waals surface area contributed by atoms with Gasteiger partial charge in [0.1, 0.15) is 12.1 Å². The highest BCUT2D eigenvalue weighted by atomic mass is 19.1. The number of ether oxygens (including phenoxy) is 1. The number of hydrogen-bond acceptors (Lipinski definition) is 6. The molecule has 2 amide bonds. The van der Waals surface area contributed by atoms with Crippen LogP contribution < -0.4 is 15.4 Å². The lowest BCUT2D eigenvalue weighted by Gasteiger charge is -2.15. The molecule has 2 N–H and O–H groups in total. The summed E-state index contributed by atoms with van der Waals surface area (Å²) >= 11 is 0. The van der Waals surface area contributed by atoms with Gasteiger partial charge < -0.3 is 15.4 Å². The van der Waals surface area contributed by atoms with Gasteiger partial charge in [0.25, 0.3) is 5.95 Å². The van der Waals surface area contributed by atoms with Gasteiger partial charge in [-0.3, -0.25) is 0 Å². The molecule has 0 aliphatic carbocycles. The Bertz CT molecular complexity index is 949. The number of carbonyl (C=O) groups excluding carboxylic acids is 1. The van der Waals surface area contributed by atoms with E-state index in [1.165, 1.54) is 18.1 Å². The van der Waals surface area contributed by atoms with Crippen molar-refractivity contribution in [2.24, 2.45) is 0 Å². The van der Waals surface area contributed by atoms with Crippen LogP contribution in [0.2, 0.25) is 0 Å². The van der Waals surface area contributed by atoms with E-state index < -0.39 is 23.7 Å². The number of carbonyl (C=O) groups is 1. The average molecular weight is 375 g/mol. The van der Waals surface area contributed by atoms with Crippen molar-refractivity contribution in [2.75, 3.05) is 12.4 Å². The van der Waals surface area contributed by atoms with Crippen molar-refractivity contribution < 1.29 is 18.3 Å². The summed E-state index contributed by atoms with van der Waals surface area (Å²) in [6, 6.07) is 2.00. The Morgan fingerprint density at radius 1 is 1.19 bits per heavy atom. The molecule has 2 aromatic heterocycles. The number of benzene rings is 1. The molecule has 3 rings (SSSR count). The fourth-order valence-corrected chi connectivity index (χ4v) is 2.30. The molecular formula is C16H15F2N7O2. The molecule has 0 radical (unpaired) electrons. The molecule has 2 heterocycles. The van der Waals surface area contributed by atoms with Gasteiger partial charge in [0.15, 0.2) is 17.4 Å². The van der Waals surface area contributed by atoms with Crippen LogP contribution >= 0.6 is 0 Å². The van der Waals surface area contributed by atoms with Crippen molar-refractivity contribution in [3.05, 3.63) is 54.4 Å². The number of urea groups is 1. The van der Waals surface area contributed by atoms with Gasteiger partial charge in [-0.2, -0.15) is 9.78 Å². The Balaban J connectivity index is 1.73. The van der Waals surface area contributed by atoms with Crippen LogP contribution in [-0.4, -0.2) is 37.9 Å². The predicted octanol–water partition coefficient (Wildman–Crippen LogP) is 2.23. The number of hydrogen-bond donors (Lipinski definition) is 2. The van der Waals surface area contributed by atoms with E-state index in [-0.39, 0.29) is 17.4 Å². The van der Waals surface area contributed by atoms with Gasteiger partial charge in [0.2, 0.25) is 0 Å².